The second kappa shape index (κ2) is 9.96. The van der Waals surface area contributed by atoms with Crippen molar-refractivity contribution in [2.45, 2.75) is 119 Å². The summed E-state index contributed by atoms with van der Waals surface area (Å²) in [5.74, 6) is 1.73. The second-order valence-corrected chi connectivity index (χ2v) is 15.5. The van der Waals surface area contributed by atoms with Gasteiger partial charge in [0.15, 0.2) is 0 Å². The molecule has 3 atom stereocenters. The molecule has 3 unspecified atom stereocenters. The van der Waals surface area contributed by atoms with E-state index >= 15 is 0 Å². The maximum atomic E-state index is 5.61. The van der Waals surface area contributed by atoms with Gasteiger partial charge in [-0.2, -0.15) is 0 Å². The minimum Gasteiger partial charge on any atom is -0.369 e. The first kappa shape index (κ1) is 29.5. The van der Waals surface area contributed by atoms with Crippen molar-refractivity contribution >= 4 is 16.6 Å². The van der Waals surface area contributed by atoms with Gasteiger partial charge in [0.1, 0.15) is 0 Å². The van der Waals surface area contributed by atoms with E-state index in [0.29, 0.717) is 23.8 Å². The molecule has 1 spiro atoms. The predicted octanol–water partition coefficient (Wildman–Crippen LogP) is 10.8. The van der Waals surface area contributed by atoms with Crippen molar-refractivity contribution in [1.82, 2.24) is 9.88 Å². The van der Waals surface area contributed by atoms with Gasteiger partial charge in [-0.1, -0.05) is 104 Å². The van der Waals surface area contributed by atoms with Crippen LogP contribution in [0.15, 0.2) is 64.8 Å². The van der Waals surface area contributed by atoms with Gasteiger partial charge >= 0.3 is 0 Å². The van der Waals surface area contributed by atoms with Crippen LogP contribution in [0.4, 0.5) is 0 Å². The van der Waals surface area contributed by atoms with E-state index in [1.807, 2.05) is 0 Å². The number of para-hydroxylation sites is 1. The van der Waals surface area contributed by atoms with Crippen LogP contribution in [-0.4, -0.2) is 23.0 Å². The van der Waals surface area contributed by atoms with Crippen LogP contribution in [0.25, 0.3) is 16.6 Å². The van der Waals surface area contributed by atoms with Crippen LogP contribution in [-0.2, 0) is 5.41 Å². The Morgan fingerprint density at radius 2 is 1.64 bits per heavy atom. The third-order valence-electron chi connectivity index (χ3n) is 11.5. The molecule has 2 nitrogen and oxygen atoms in total. The van der Waals surface area contributed by atoms with Crippen LogP contribution in [0.3, 0.4) is 0 Å². The van der Waals surface area contributed by atoms with Crippen LogP contribution in [0, 0.1) is 22.7 Å². The molecule has 3 aliphatic carbocycles. The van der Waals surface area contributed by atoms with Gasteiger partial charge in [-0.25, -0.2) is 0 Å². The minimum absolute atomic E-state index is 0.0967. The zero-order valence-corrected chi connectivity index (χ0v) is 28.3. The number of hydrogen-bond acceptors (Lipinski definition) is 2. The van der Waals surface area contributed by atoms with E-state index in [2.05, 4.69) is 124 Å². The molecular formula is C40H54N2. The lowest BCUT2D eigenvalue weighted by Gasteiger charge is -2.44. The SMILES string of the molecule is CCC(CC)C1=CC2(CC(C(CC)CC)=C1)C1c3nc4ccccc4c4c3C(=C(C)/C(=C\C(C)(C)C)C4(C)C)N(C)C12. The molecule has 1 aromatic heterocycles. The van der Waals surface area contributed by atoms with Crippen LogP contribution in [0.2, 0.25) is 0 Å². The molecule has 0 saturated heterocycles. The minimum atomic E-state index is -0.104. The molecule has 1 fully saturated rings. The molecule has 6 rings (SSSR count). The summed E-state index contributed by atoms with van der Waals surface area (Å²) in [4.78, 5) is 8.32. The quantitative estimate of drug-likeness (QED) is 0.348. The first-order valence-corrected chi connectivity index (χ1v) is 16.9. The number of likely N-dealkylation sites (N-methyl/N-ethyl adjacent to an activating group) is 1. The van der Waals surface area contributed by atoms with Gasteiger partial charge in [0.25, 0.3) is 0 Å². The fraction of sp³-hybridized carbons (Fsp3) is 0.575. The molecule has 0 amide bonds. The molecule has 0 radical (unpaired) electrons. The van der Waals surface area contributed by atoms with E-state index in [1.54, 1.807) is 11.1 Å². The molecule has 4 aliphatic rings. The number of fused-ring (bicyclic) bond motifs is 6. The van der Waals surface area contributed by atoms with E-state index in [-0.39, 0.29) is 16.2 Å². The average molecular weight is 563 g/mol. The molecule has 2 heteroatoms. The second-order valence-electron chi connectivity index (χ2n) is 15.5. The summed E-state index contributed by atoms with van der Waals surface area (Å²) in [6.07, 6.45) is 14.0. The van der Waals surface area contributed by atoms with Crippen molar-refractivity contribution in [1.29, 1.82) is 0 Å². The highest BCUT2D eigenvalue weighted by Crippen LogP contribution is 2.73. The maximum Gasteiger partial charge on any atom is 0.0709 e. The van der Waals surface area contributed by atoms with E-state index in [1.165, 1.54) is 71.2 Å². The average Bonchev–Trinajstić information content (AvgIpc) is 3.57. The lowest BCUT2D eigenvalue weighted by molar-refractivity contribution is 0.381. The van der Waals surface area contributed by atoms with E-state index in [4.69, 9.17) is 4.98 Å². The molecule has 224 valence electrons. The molecule has 42 heavy (non-hydrogen) atoms. The lowest BCUT2D eigenvalue weighted by atomic mass is 9.64. The Labute approximate surface area is 256 Å². The highest BCUT2D eigenvalue weighted by molar-refractivity contribution is 5.95. The lowest BCUT2D eigenvalue weighted by Crippen LogP contribution is -2.37. The van der Waals surface area contributed by atoms with Gasteiger partial charge in [0.05, 0.1) is 11.2 Å². The summed E-state index contributed by atoms with van der Waals surface area (Å²) in [6.45, 7) is 23.9. The number of benzene rings is 1. The van der Waals surface area contributed by atoms with Gasteiger partial charge in [-0.05, 0) is 84.6 Å². The Hall–Kier alpha value is -2.61. The number of aromatic nitrogens is 1. The zero-order valence-electron chi connectivity index (χ0n) is 28.3. The Balaban J connectivity index is 1.65. The molecule has 2 heterocycles. The van der Waals surface area contributed by atoms with E-state index < -0.39 is 0 Å². The van der Waals surface area contributed by atoms with Crippen molar-refractivity contribution in [3.8, 4) is 0 Å². The summed E-state index contributed by atoms with van der Waals surface area (Å²) in [6, 6.07) is 9.40. The number of rotatable bonds is 6. The van der Waals surface area contributed by atoms with Gasteiger partial charge in [0.2, 0.25) is 0 Å². The number of pyridine rings is 1. The summed E-state index contributed by atoms with van der Waals surface area (Å²) >= 11 is 0. The molecule has 0 bridgehead atoms. The largest absolute Gasteiger partial charge is 0.369 e. The molecule has 1 saturated carbocycles. The highest BCUT2D eigenvalue weighted by atomic mass is 15.2. The van der Waals surface area contributed by atoms with Crippen LogP contribution < -0.4 is 0 Å². The van der Waals surface area contributed by atoms with Gasteiger partial charge in [-0.3, -0.25) is 4.98 Å². The summed E-state index contributed by atoms with van der Waals surface area (Å²) in [5.41, 5.74) is 13.2. The monoisotopic (exact) mass is 562 g/mol. The molecular weight excluding hydrogens is 508 g/mol. The van der Waals surface area contributed by atoms with Gasteiger partial charge in [0, 0.05) is 46.5 Å². The highest BCUT2D eigenvalue weighted by Gasteiger charge is 2.70. The fourth-order valence-electron chi connectivity index (χ4n) is 9.47. The number of nitrogens with zero attached hydrogens (tertiary/aromatic N) is 2. The van der Waals surface area contributed by atoms with Gasteiger partial charge in [-0.15, -0.1) is 0 Å². The van der Waals surface area contributed by atoms with Crippen molar-refractivity contribution in [2.75, 3.05) is 7.05 Å². The standard InChI is InChI=1S/C40H54N2/c1-12-25(13-2)27-20-28(26(14-3)15-4)22-40(21-27)34-35-32-33(29-18-16-17-19-31(29)41-35)39(9,10)30(23-38(6,7)8)24(5)36(32)42(11)37(34)40/h16-21,23,25-26,34,37H,12-15,22H2,1-11H3/b30-23+. The Morgan fingerprint density at radius 1 is 1.00 bits per heavy atom. The number of hydrogen-bond donors (Lipinski definition) is 0. The smallest absolute Gasteiger partial charge is 0.0709 e. The molecule has 1 aromatic carbocycles. The topological polar surface area (TPSA) is 16.1 Å². The first-order valence-electron chi connectivity index (χ1n) is 16.9. The molecule has 2 aromatic rings. The fourth-order valence-corrected chi connectivity index (χ4v) is 9.47. The van der Waals surface area contributed by atoms with Crippen LogP contribution >= 0.6 is 0 Å². The molecule has 1 aliphatic heterocycles. The normalized spacial score (nSPS) is 27.2. The van der Waals surface area contributed by atoms with Crippen molar-refractivity contribution in [3.05, 3.63) is 81.6 Å². The predicted molar refractivity (Wildman–Crippen MR) is 181 cm³/mol. The third-order valence-corrected chi connectivity index (χ3v) is 11.5. The summed E-state index contributed by atoms with van der Waals surface area (Å²) in [7, 11) is 2.40. The number of allylic oxidation sites excluding steroid dienone is 6. The van der Waals surface area contributed by atoms with Crippen LogP contribution in [0.5, 0.6) is 0 Å². The maximum absolute atomic E-state index is 5.61. The Kier molecular flexibility index (Phi) is 6.99. The van der Waals surface area contributed by atoms with Crippen molar-refractivity contribution in [3.63, 3.8) is 0 Å². The van der Waals surface area contributed by atoms with Crippen LogP contribution in [0.1, 0.15) is 124 Å². The van der Waals surface area contributed by atoms with Crippen molar-refractivity contribution < 1.29 is 0 Å². The third kappa shape index (κ3) is 4.14. The zero-order chi connectivity index (χ0) is 30.4. The Bertz CT molecular complexity index is 1550. The van der Waals surface area contributed by atoms with Gasteiger partial charge < -0.3 is 4.90 Å². The van der Waals surface area contributed by atoms with E-state index in [9.17, 15) is 0 Å². The molecule has 0 N–H and O–H groups in total. The van der Waals surface area contributed by atoms with Crippen molar-refractivity contribution in [2.24, 2.45) is 22.7 Å². The first-order chi connectivity index (χ1) is 19.8. The van der Waals surface area contributed by atoms with E-state index in [0.717, 1.165) is 5.52 Å². The Morgan fingerprint density at radius 3 is 2.26 bits per heavy atom. The summed E-state index contributed by atoms with van der Waals surface area (Å²) < 4.78 is 0. The summed E-state index contributed by atoms with van der Waals surface area (Å²) in [5, 5.41) is 1.32.